The number of carbonyl (C=O) groups excluding carboxylic acids is 1. The molecule has 2 atom stereocenters. The fourth-order valence-corrected chi connectivity index (χ4v) is 1.64. The summed E-state index contributed by atoms with van der Waals surface area (Å²) < 4.78 is 10.4. The van der Waals surface area contributed by atoms with Crippen LogP contribution in [0.4, 0.5) is 5.69 Å². The highest BCUT2D eigenvalue weighted by Crippen LogP contribution is 2.18. The van der Waals surface area contributed by atoms with E-state index < -0.39 is 6.04 Å². The van der Waals surface area contributed by atoms with Crippen molar-refractivity contribution >= 4 is 11.6 Å². The normalized spacial score (nSPS) is 13.6. The van der Waals surface area contributed by atoms with E-state index in [-0.39, 0.29) is 11.8 Å². The van der Waals surface area contributed by atoms with Crippen LogP contribution < -0.4 is 15.8 Å². The van der Waals surface area contributed by atoms with Crippen molar-refractivity contribution in [2.24, 2.45) is 11.7 Å². The van der Waals surface area contributed by atoms with Gasteiger partial charge in [0.1, 0.15) is 12.4 Å². The minimum atomic E-state index is -0.502. The molecule has 0 heterocycles. The highest BCUT2D eigenvalue weighted by atomic mass is 16.5. The molecule has 1 unspecified atom stereocenters. The lowest BCUT2D eigenvalue weighted by molar-refractivity contribution is -0.118. The lowest BCUT2D eigenvalue weighted by Gasteiger charge is -2.18. The molecule has 0 saturated carbocycles. The monoisotopic (exact) mass is 280 g/mol. The molecule has 5 nitrogen and oxygen atoms in total. The topological polar surface area (TPSA) is 73.6 Å². The van der Waals surface area contributed by atoms with Gasteiger partial charge in [0.2, 0.25) is 5.91 Å². The van der Waals surface area contributed by atoms with Crippen molar-refractivity contribution in [3.05, 3.63) is 24.3 Å². The zero-order valence-electron chi connectivity index (χ0n) is 12.4. The maximum absolute atomic E-state index is 12.0. The van der Waals surface area contributed by atoms with Gasteiger partial charge in [0, 0.05) is 18.9 Å². The average Bonchev–Trinajstić information content (AvgIpc) is 2.46. The SMILES string of the molecule is CCC(C)[C@H](N)C(=O)Nc1cccc(OCCOC)c1. The Balaban J connectivity index is 2.59. The van der Waals surface area contributed by atoms with Gasteiger partial charge < -0.3 is 20.5 Å². The molecule has 0 saturated heterocycles. The van der Waals surface area contributed by atoms with Crippen LogP contribution in [0.3, 0.4) is 0 Å². The Bertz CT molecular complexity index is 423. The van der Waals surface area contributed by atoms with Gasteiger partial charge in [-0.2, -0.15) is 0 Å². The number of hydrogen-bond acceptors (Lipinski definition) is 4. The van der Waals surface area contributed by atoms with E-state index >= 15 is 0 Å². The van der Waals surface area contributed by atoms with E-state index in [0.717, 1.165) is 6.42 Å². The molecule has 1 aromatic rings. The summed E-state index contributed by atoms with van der Waals surface area (Å²) in [6, 6.07) is 6.74. The van der Waals surface area contributed by atoms with Crippen LogP contribution in [0, 0.1) is 5.92 Å². The highest BCUT2D eigenvalue weighted by Gasteiger charge is 2.19. The molecular weight excluding hydrogens is 256 g/mol. The maximum atomic E-state index is 12.0. The molecule has 0 spiro atoms. The number of carbonyl (C=O) groups is 1. The third-order valence-corrected chi connectivity index (χ3v) is 3.22. The van der Waals surface area contributed by atoms with Crippen LogP contribution in [-0.4, -0.2) is 32.3 Å². The first-order valence-corrected chi connectivity index (χ1v) is 6.86. The summed E-state index contributed by atoms with van der Waals surface area (Å²) in [4.78, 5) is 12.0. The fraction of sp³-hybridized carbons (Fsp3) is 0.533. The number of benzene rings is 1. The summed E-state index contributed by atoms with van der Waals surface area (Å²) in [6.07, 6.45) is 0.870. The molecule has 0 aliphatic carbocycles. The summed E-state index contributed by atoms with van der Waals surface area (Å²) in [5.74, 6) is 0.668. The molecule has 0 radical (unpaired) electrons. The molecule has 112 valence electrons. The van der Waals surface area contributed by atoms with Crippen molar-refractivity contribution < 1.29 is 14.3 Å². The number of methoxy groups -OCH3 is 1. The van der Waals surface area contributed by atoms with E-state index in [1.54, 1.807) is 13.2 Å². The predicted molar refractivity (Wildman–Crippen MR) is 79.9 cm³/mol. The average molecular weight is 280 g/mol. The Morgan fingerprint density at radius 3 is 2.80 bits per heavy atom. The van der Waals surface area contributed by atoms with Gasteiger partial charge in [-0.15, -0.1) is 0 Å². The van der Waals surface area contributed by atoms with Gasteiger partial charge in [0.05, 0.1) is 12.6 Å². The van der Waals surface area contributed by atoms with Gasteiger partial charge in [-0.1, -0.05) is 26.3 Å². The molecule has 5 heteroatoms. The minimum absolute atomic E-state index is 0.149. The predicted octanol–water partition coefficient (Wildman–Crippen LogP) is 2.02. The van der Waals surface area contributed by atoms with E-state index in [2.05, 4.69) is 5.32 Å². The Morgan fingerprint density at radius 2 is 2.15 bits per heavy atom. The Morgan fingerprint density at radius 1 is 1.40 bits per heavy atom. The fourth-order valence-electron chi connectivity index (χ4n) is 1.64. The minimum Gasteiger partial charge on any atom is -0.491 e. The number of nitrogens with two attached hydrogens (primary N) is 1. The third-order valence-electron chi connectivity index (χ3n) is 3.22. The molecule has 0 aromatic heterocycles. The summed E-state index contributed by atoms with van der Waals surface area (Å²) >= 11 is 0. The zero-order valence-corrected chi connectivity index (χ0v) is 12.4. The van der Waals surface area contributed by atoms with Crippen molar-refractivity contribution in [3.63, 3.8) is 0 Å². The summed E-state index contributed by atoms with van der Waals surface area (Å²) in [5.41, 5.74) is 6.58. The smallest absolute Gasteiger partial charge is 0.241 e. The second kappa shape index (κ2) is 8.55. The van der Waals surface area contributed by atoms with E-state index in [1.807, 2.05) is 32.0 Å². The number of anilines is 1. The van der Waals surface area contributed by atoms with Crippen LogP contribution in [0.15, 0.2) is 24.3 Å². The lowest BCUT2D eigenvalue weighted by Crippen LogP contribution is -2.40. The number of rotatable bonds is 8. The summed E-state index contributed by atoms with van der Waals surface area (Å²) in [5, 5.41) is 2.81. The first-order valence-electron chi connectivity index (χ1n) is 6.86. The quantitative estimate of drug-likeness (QED) is 0.715. The van der Waals surface area contributed by atoms with Crippen molar-refractivity contribution in [1.29, 1.82) is 0 Å². The molecular formula is C15H24N2O3. The van der Waals surface area contributed by atoms with Crippen molar-refractivity contribution in [1.82, 2.24) is 0 Å². The van der Waals surface area contributed by atoms with Gasteiger partial charge in [0.25, 0.3) is 0 Å². The summed E-state index contributed by atoms with van der Waals surface area (Å²) in [6.45, 7) is 4.98. The van der Waals surface area contributed by atoms with Crippen molar-refractivity contribution in [3.8, 4) is 5.75 Å². The van der Waals surface area contributed by atoms with Gasteiger partial charge >= 0.3 is 0 Å². The van der Waals surface area contributed by atoms with E-state index in [4.69, 9.17) is 15.2 Å². The van der Waals surface area contributed by atoms with Crippen LogP contribution in [-0.2, 0) is 9.53 Å². The molecule has 0 bridgehead atoms. The number of nitrogens with one attached hydrogen (secondary N) is 1. The highest BCUT2D eigenvalue weighted by molar-refractivity contribution is 5.95. The van der Waals surface area contributed by atoms with Crippen LogP contribution in [0.2, 0.25) is 0 Å². The second-order valence-electron chi connectivity index (χ2n) is 4.77. The van der Waals surface area contributed by atoms with Crippen molar-refractivity contribution in [2.45, 2.75) is 26.3 Å². The van der Waals surface area contributed by atoms with E-state index in [0.29, 0.717) is 24.7 Å². The number of amides is 1. The van der Waals surface area contributed by atoms with E-state index in [1.165, 1.54) is 0 Å². The van der Waals surface area contributed by atoms with Crippen LogP contribution in [0.25, 0.3) is 0 Å². The number of ether oxygens (including phenoxy) is 2. The molecule has 3 N–H and O–H groups in total. The molecule has 0 fully saturated rings. The Labute approximate surface area is 120 Å². The first kappa shape index (κ1) is 16.5. The zero-order chi connectivity index (χ0) is 15.0. The molecule has 0 aliphatic heterocycles. The Hall–Kier alpha value is -1.59. The van der Waals surface area contributed by atoms with E-state index in [9.17, 15) is 4.79 Å². The van der Waals surface area contributed by atoms with Gasteiger partial charge in [-0.25, -0.2) is 0 Å². The summed E-state index contributed by atoms with van der Waals surface area (Å²) in [7, 11) is 1.62. The number of hydrogen-bond donors (Lipinski definition) is 2. The first-order chi connectivity index (χ1) is 9.58. The Kier molecular flexibility index (Phi) is 7.04. The molecule has 0 aliphatic rings. The molecule has 1 amide bonds. The largest absolute Gasteiger partial charge is 0.491 e. The molecule has 20 heavy (non-hydrogen) atoms. The van der Waals surface area contributed by atoms with Gasteiger partial charge in [-0.05, 0) is 18.1 Å². The molecule has 1 aromatic carbocycles. The van der Waals surface area contributed by atoms with Crippen LogP contribution >= 0.6 is 0 Å². The maximum Gasteiger partial charge on any atom is 0.241 e. The van der Waals surface area contributed by atoms with Crippen LogP contribution in [0.1, 0.15) is 20.3 Å². The second-order valence-corrected chi connectivity index (χ2v) is 4.77. The lowest BCUT2D eigenvalue weighted by atomic mass is 9.99. The van der Waals surface area contributed by atoms with Gasteiger partial charge in [-0.3, -0.25) is 4.79 Å². The standard InChI is InChI=1S/C15H24N2O3/c1-4-11(2)14(16)15(18)17-12-6-5-7-13(10-12)20-9-8-19-3/h5-7,10-11,14H,4,8-9,16H2,1-3H3,(H,17,18)/t11?,14-/m0/s1. The van der Waals surface area contributed by atoms with Gasteiger partial charge in [0.15, 0.2) is 0 Å². The van der Waals surface area contributed by atoms with Crippen LogP contribution in [0.5, 0.6) is 5.75 Å². The molecule has 1 rings (SSSR count). The third kappa shape index (κ3) is 5.19. The van der Waals surface area contributed by atoms with Crippen molar-refractivity contribution in [2.75, 3.05) is 25.6 Å².